The van der Waals surface area contributed by atoms with Crippen LogP contribution in [0.25, 0.3) is 0 Å². The molecule has 4 nitrogen and oxygen atoms in total. The number of carbonyl (C=O) groups excluding carboxylic acids is 1. The van der Waals surface area contributed by atoms with Crippen molar-refractivity contribution in [3.8, 4) is 0 Å². The molecule has 0 saturated carbocycles. The van der Waals surface area contributed by atoms with Gasteiger partial charge in [0.2, 0.25) is 0 Å². The first-order chi connectivity index (χ1) is 10.3. The highest BCUT2D eigenvalue weighted by atomic mass is 32.2. The monoisotopic (exact) mass is 308 g/mol. The Labute approximate surface area is 131 Å². The van der Waals surface area contributed by atoms with Crippen LogP contribution in [0, 0.1) is 0 Å². The van der Waals surface area contributed by atoms with Crippen molar-refractivity contribution in [2.24, 2.45) is 0 Å². The number of hydrogen-bond acceptors (Lipinski definition) is 3. The summed E-state index contributed by atoms with van der Waals surface area (Å²) in [5.41, 5.74) is 1.33. The first-order valence-electron chi connectivity index (χ1n) is 7.47. The van der Waals surface area contributed by atoms with Crippen molar-refractivity contribution in [2.45, 2.75) is 24.6 Å². The Hall–Kier alpha value is -1.20. The second kappa shape index (κ2) is 8.95. The quantitative estimate of drug-likeness (QED) is 0.822. The van der Waals surface area contributed by atoms with E-state index in [0.29, 0.717) is 12.6 Å². The molecule has 5 heteroatoms. The Balaban J connectivity index is 1.58. The van der Waals surface area contributed by atoms with Gasteiger partial charge in [-0.15, -0.1) is 0 Å². The van der Waals surface area contributed by atoms with Gasteiger partial charge < -0.3 is 15.0 Å². The molecule has 1 N–H and O–H groups in total. The first kappa shape index (κ1) is 16.2. The van der Waals surface area contributed by atoms with Gasteiger partial charge >= 0.3 is 6.03 Å². The van der Waals surface area contributed by atoms with Crippen LogP contribution < -0.4 is 5.32 Å². The maximum atomic E-state index is 12.0. The fraction of sp³-hybridized carbons (Fsp3) is 0.562. The van der Waals surface area contributed by atoms with Crippen LogP contribution in [0.15, 0.2) is 30.3 Å². The lowest BCUT2D eigenvalue weighted by Gasteiger charge is -2.31. The highest BCUT2D eigenvalue weighted by molar-refractivity contribution is 7.98. The Morgan fingerprint density at radius 3 is 2.76 bits per heavy atom. The lowest BCUT2D eigenvalue weighted by molar-refractivity contribution is 0.0527. The van der Waals surface area contributed by atoms with Gasteiger partial charge in [0.05, 0.1) is 0 Å². The van der Waals surface area contributed by atoms with Crippen LogP contribution in [0.4, 0.5) is 4.79 Å². The third kappa shape index (κ3) is 5.59. The molecule has 0 spiro atoms. The number of nitrogens with zero attached hydrogens (tertiary/aromatic N) is 1. The van der Waals surface area contributed by atoms with Crippen LogP contribution >= 0.6 is 11.8 Å². The summed E-state index contributed by atoms with van der Waals surface area (Å²) in [7, 11) is 1.88. The molecule has 1 aromatic rings. The summed E-state index contributed by atoms with van der Waals surface area (Å²) in [4.78, 5) is 13.9. The van der Waals surface area contributed by atoms with E-state index in [2.05, 4.69) is 29.6 Å². The summed E-state index contributed by atoms with van der Waals surface area (Å²) >= 11 is 1.84. The van der Waals surface area contributed by atoms with Crippen LogP contribution in [0.5, 0.6) is 0 Å². The zero-order chi connectivity index (χ0) is 14.9. The van der Waals surface area contributed by atoms with Crippen LogP contribution in [-0.2, 0) is 10.5 Å². The zero-order valence-electron chi connectivity index (χ0n) is 12.6. The van der Waals surface area contributed by atoms with Crippen molar-refractivity contribution in [3.63, 3.8) is 0 Å². The number of benzene rings is 1. The number of amides is 2. The van der Waals surface area contributed by atoms with Gasteiger partial charge in [-0.05, 0) is 18.4 Å². The molecular weight excluding hydrogens is 284 g/mol. The number of ether oxygens (including phenoxy) is 1. The summed E-state index contributed by atoms with van der Waals surface area (Å²) in [6.07, 6.45) is 1.87. The average Bonchev–Trinajstić information content (AvgIpc) is 2.55. The van der Waals surface area contributed by atoms with Crippen molar-refractivity contribution < 1.29 is 9.53 Å². The molecule has 0 unspecified atom stereocenters. The van der Waals surface area contributed by atoms with Crippen molar-refractivity contribution in [2.75, 3.05) is 32.6 Å². The predicted molar refractivity (Wildman–Crippen MR) is 87.6 cm³/mol. The van der Waals surface area contributed by atoms with Gasteiger partial charge in [-0.1, -0.05) is 30.3 Å². The number of hydrogen-bond donors (Lipinski definition) is 1. The van der Waals surface area contributed by atoms with Crippen molar-refractivity contribution >= 4 is 17.8 Å². The molecule has 1 aliphatic heterocycles. The Bertz CT molecular complexity index is 422. The van der Waals surface area contributed by atoms with E-state index in [0.717, 1.165) is 37.6 Å². The fourth-order valence-corrected chi connectivity index (χ4v) is 3.18. The van der Waals surface area contributed by atoms with E-state index in [1.807, 2.05) is 29.8 Å². The number of urea groups is 1. The molecular formula is C16H24N2O2S. The molecule has 0 aliphatic carbocycles. The van der Waals surface area contributed by atoms with E-state index in [9.17, 15) is 4.79 Å². The molecule has 1 fully saturated rings. The first-order valence-corrected chi connectivity index (χ1v) is 8.63. The molecule has 0 radical (unpaired) electrons. The average molecular weight is 308 g/mol. The molecule has 0 bridgehead atoms. The Morgan fingerprint density at radius 1 is 1.33 bits per heavy atom. The van der Waals surface area contributed by atoms with E-state index >= 15 is 0 Å². The molecule has 1 aromatic carbocycles. The molecule has 21 heavy (non-hydrogen) atoms. The van der Waals surface area contributed by atoms with Gasteiger partial charge in [-0.25, -0.2) is 4.79 Å². The van der Waals surface area contributed by atoms with Crippen molar-refractivity contribution in [1.29, 1.82) is 0 Å². The number of rotatable bonds is 6. The molecule has 1 heterocycles. The fourth-order valence-electron chi connectivity index (χ4n) is 2.36. The van der Waals surface area contributed by atoms with E-state index in [4.69, 9.17) is 4.74 Å². The molecule has 2 amide bonds. The smallest absolute Gasteiger partial charge is 0.317 e. The molecule has 1 aliphatic rings. The van der Waals surface area contributed by atoms with Gasteiger partial charge in [0.25, 0.3) is 0 Å². The van der Waals surface area contributed by atoms with Crippen molar-refractivity contribution in [1.82, 2.24) is 10.2 Å². The zero-order valence-corrected chi connectivity index (χ0v) is 13.4. The lowest BCUT2D eigenvalue weighted by Crippen LogP contribution is -2.46. The van der Waals surface area contributed by atoms with E-state index < -0.39 is 0 Å². The minimum Gasteiger partial charge on any atom is -0.381 e. The minimum atomic E-state index is 0.0298. The van der Waals surface area contributed by atoms with Gasteiger partial charge in [0.1, 0.15) is 0 Å². The molecule has 116 valence electrons. The molecule has 0 aromatic heterocycles. The summed E-state index contributed by atoms with van der Waals surface area (Å²) in [5, 5.41) is 2.99. The second-order valence-corrected chi connectivity index (χ2v) is 6.33. The van der Waals surface area contributed by atoms with E-state index in [-0.39, 0.29) is 6.03 Å². The van der Waals surface area contributed by atoms with Crippen LogP contribution in [0.2, 0.25) is 0 Å². The molecule has 2 rings (SSSR count). The standard InChI is InChI=1S/C16H24N2O2S/c1-18(15-7-10-20-11-8-15)16(19)17-9-12-21-13-14-5-3-2-4-6-14/h2-6,15H,7-13H2,1H3,(H,17,19). The maximum Gasteiger partial charge on any atom is 0.317 e. The third-order valence-corrected chi connectivity index (χ3v) is 4.72. The van der Waals surface area contributed by atoms with Crippen molar-refractivity contribution in [3.05, 3.63) is 35.9 Å². The predicted octanol–water partition coefficient (Wildman–Crippen LogP) is 2.74. The molecule has 1 saturated heterocycles. The summed E-state index contributed by atoms with van der Waals surface area (Å²) in [6.45, 7) is 2.23. The number of thioether (sulfide) groups is 1. The van der Waals surface area contributed by atoms with Gasteiger partial charge in [-0.3, -0.25) is 0 Å². The van der Waals surface area contributed by atoms with Crippen LogP contribution in [-0.4, -0.2) is 49.5 Å². The third-order valence-electron chi connectivity index (χ3n) is 3.69. The minimum absolute atomic E-state index is 0.0298. The highest BCUT2D eigenvalue weighted by Crippen LogP contribution is 2.13. The largest absolute Gasteiger partial charge is 0.381 e. The Morgan fingerprint density at radius 2 is 2.05 bits per heavy atom. The van der Waals surface area contributed by atoms with Crippen LogP contribution in [0.1, 0.15) is 18.4 Å². The van der Waals surface area contributed by atoms with Crippen LogP contribution in [0.3, 0.4) is 0 Å². The highest BCUT2D eigenvalue weighted by Gasteiger charge is 2.21. The maximum absolute atomic E-state index is 12.0. The van der Waals surface area contributed by atoms with Gasteiger partial charge in [-0.2, -0.15) is 11.8 Å². The normalized spacial score (nSPS) is 15.7. The summed E-state index contributed by atoms with van der Waals surface area (Å²) < 4.78 is 5.32. The summed E-state index contributed by atoms with van der Waals surface area (Å²) in [5.74, 6) is 1.93. The topological polar surface area (TPSA) is 41.6 Å². The summed E-state index contributed by atoms with van der Waals surface area (Å²) in [6, 6.07) is 10.7. The van der Waals surface area contributed by atoms with E-state index in [1.54, 1.807) is 0 Å². The Kier molecular flexibility index (Phi) is 6.89. The van der Waals surface area contributed by atoms with E-state index in [1.165, 1.54) is 5.56 Å². The van der Waals surface area contributed by atoms with Gasteiger partial charge in [0.15, 0.2) is 0 Å². The SMILES string of the molecule is CN(C(=O)NCCSCc1ccccc1)C1CCOCC1. The lowest BCUT2D eigenvalue weighted by atomic mass is 10.1. The van der Waals surface area contributed by atoms with Gasteiger partial charge in [0, 0.05) is 44.4 Å². The number of nitrogens with one attached hydrogen (secondary N) is 1. The molecule has 0 atom stereocenters. The second-order valence-electron chi connectivity index (χ2n) is 5.22. The number of carbonyl (C=O) groups is 1.